The number of rotatable bonds is 7. The monoisotopic (exact) mass is 530 g/mol. The Bertz CT molecular complexity index is 1130. The molecule has 3 aromatic rings. The Morgan fingerprint density at radius 1 is 1.16 bits per heavy atom. The van der Waals surface area contributed by atoms with Crippen LogP contribution in [-0.2, 0) is 6.61 Å². The summed E-state index contributed by atoms with van der Waals surface area (Å²) in [6.07, 6.45) is 1.53. The van der Waals surface area contributed by atoms with E-state index in [0.717, 1.165) is 20.4 Å². The van der Waals surface area contributed by atoms with Gasteiger partial charge in [0.15, 0.2) is 0 Å². The number of nitrogens with one attached hydrogen (secondary N) is 2. The van der Waals surface area contributed by atoms with Gasteiger partial charge >= 0.3 is 6.03 Å². The maximum Gasteiger partial charge on any atom is 0.339 e. The topological polar surface area (TPSA) is 106 Å². The van der Waals surface area contributed by atoms with Crippen LogP contribution in [0.5, 0.6) is 5.75 Å². The maximum absolute atomic E-state index is 12.0. The van der Waals surface area contributed by atoms with E-state index in [4.69, 9.17) is 4.74 Å². The number of aryl methyl sites for hydroxylation is 1. The van der Waals surface area contributed by atoms with Crippen molar-refractivity contribution in [1.82, 2.24) is 5.43 Å². The number of carbonyl (C=O) groups is 1. The first-order chi connectivity index (χ1) is 14.9. The predicted octanol–water partition coefficient (Wildman–Crippen LogP) is 5.24. The zero-order valence-corrected chi connectivity index (χ0v) is 18.7. The van der Waals surface area contributed by atoms with Crippen molar-refractivity contribution in [3.8, 4) is 5.75 Å². The number of benzene rings is 3. The normalized spacial score (nSPS) is 10.6. The molecular formula is C22H19IN4O4. The van der Waals surface area contributed by atoms with E-state index in [1.165, 1.54) is 18.3 Å². The molecular weight excluding hydrogens is 511 g/mol. The second-order valence-corrected chi connectivity index (χ2v) is 7.71. The third-order valence-corrected chi connectivity index (χ3v) is 5.09. The van der Waals surface area contributed by atoms with E-state index in [0.29, 0.717) is 11.3 Å². The van der Waals surface area contributed by atoms with Gasteiger partial charge in [-0.05, 0) is 70.5 Å². The molecule has 3 aromatic carbocycles. The van der Waals surface area contributed by atoms with Crippen molar-refractivity contribution >= 4 is 46.2 Å². The summed E-state index contributed by atoms with van der Waals surface area (Å²) in [6, 6.07) is 18.8. The van der Waals surface area contributed by atoms with Crippen LogP contribution < -0.4 is 15.5 Å². The van der Waals surface area contributed by atoms with Crippen LogP contribution in [0.15, 0.2) is 71.8 Å². The molecule has 0 heterocycles. The Morgan fingerprint density at radius 2 is 1.97 bits per heavy atom. The number of hydrogen-bond donors (Lipinski definition) is 2. The molecule has 2 N–H and O–H groups in total. The van der Waals surface area contributed by atoms with Crippen LogP contribution in [0.3, 0.4) is 0 Å². The summed E-state index contributed by atoms with van der Waals surface area (Å²) in [4.78, 5) is 22.4. The van der Waals surface area contributed by atoms with Crippen molar-refractivity contribution in [3.63, 3.8) is 0 Å². The number of nitro benzene ring substituents is 1. The number of nitro groups is 1. The zero-order valence-electron chi connectivity index (χ0n) is 16.5. The molecule has 158 valence electrons. The molecule has 0 saturated heterocycles. The number of ether oxygens (including phenoxy) is 1. The second-order valence-electron chi connectivity index (χ2n) is 6.54. The lowest BCUT2D eigenvalue weighted by Gasteiger charge is -2.09. The molecule has 0 aliphatic carbocycles. The summed E-state index contributed by atoms with van der Waals surface area (Å²) in [5.41, 5.74) is 5.62. The SMILES string of the molecule is Cc1ccccc1NC(=O)NN=Cc1ccc(OCc2cccc([N+](=O)[O-])c2)c(I)c1. The standard InChI is InChI=1S/C22H19IN4O4/c1-15-5-2-3-8-20(15)25-22(28)26-24-13-16-9-10-21(19(23)12-16)31-14-17-6-4-7-18(11-17)27(29)30/h2-13H,14H2,1H3,(H2,25,26,28). The second kappa shape index (κ2) is 10.5. The molecule has 0 radical (unpaired) electrons. The lowest BCUT2D eigenvalue weighted by molar-refractivity contribution is -0.384. The summed E-state index contributed by atoms with van der Waals surface area (Å²) in [5, 5.41) is 17.6. The summed E-state index contributed by atoms with van der Waals surface area (Å²) in [5.74, 6) is 0.648. The molecule has 0 aliphatic heterocycles. The largest absolute Gasteiger partial charge is 0.488 e. The third kappa shape index (κ3) is 6.51. The fourth-order valence-corrected chi connectivity index (χ4v) is 3.36. The molecule has 9 heteroatoms. The molecule has 8 nitrogen and oxygen atoms in total. The van der Waals surface area contributed by atoms with E-state index in [9.17, 15) is 14.9 Å². The van der Waals surface area contributed by atoms with E-state index in [-0.39, 0.29) is 12.3 Å². The molecule has 0 atom stereocenters. The Morgan fingerprint density at radius 3 is 2.71 bits per heavy atom. The van der Waals surface area contributed by atoms with Gasteiger partial charge in [0.2, 0.25) is 0 Å². The van der Waals surface area contributed by atoms with Crippen LogP contribution >= 0.6 is 22.6 Å². The number of anilines is 1. The van der Waals surface area contributed by atoms with E-state index in [1.54, 1.807) is 24.3 Å². The molecule has 0 spiro atoms. The Hall–Kier alpha value is -3.47. The van der Waals surface area contributed by atoms with Crippen LogP contribution in [0, 0.1) is 20.6 Å². The van der Waals surface area contributed by atoms with Crippen molar-refractivity contribution in [1.29, 1.82) is 0 Å². The minimum atomic E-state index is -0.434. The van der Waals surface area contributed by atoms with Crippen LogP contribution in [0.1, 0.15) is 16.7 Å². The van der Waals surface area contributed by atoms with Gasteiger partial charge in [0.05, 0.1) is 14.7 Å². The fourth-order valence-electron chi connectivity index (χ4n) is 2.66. The van der Waals surface area contributed by atoms with E-state index < -0.39 is 11.0 Å². The lowest BCUT2D eigenvalue weighted by atomic mass is 10.2. The van der Waals surface area contributed by atoms with Crippen LogP contribution in [0.4, 0.5) is 16.2 Å². The molecule has 0 saturated carbocycles. The molecule has 31 heavy (non-hydrogen) atoms. The average Bonchev–Trinajstić information content (AvgIpc) is 2.75. The van der Waals surface area contributed by atoms with Gasteiger partial charge < -0.3 is 10.1 Å². The van der Waals surface area contributed by atoms with Gasteiger partial charge in [-0.25, -0.2) is 10.2 Å². The molecule has 0 unspecified atom stereocenters. The smallest absolute Gasteiger partial charge is 0.339 e. The van der Waals surface area contributed by atoms with E-state index in [2.05, 4.69) is 38.4 Å². The van der Waals surface area contributed by atoms with Crippen molar-refractivity contribution in [2.24, 2.45) is 5.10 Å². The zero-order chi connectivity index (χ0) is 22.2. The Kier molecular flexibility index (Phi) is 7.55. The molecule has 3 rings (SSSR count). The van der Waals surface area contributed by atoms with Gasteiger partial charge in [-0.15, -0.1) is 0 Å². The summed E-state index contributed by atoms with van der Waals surface area (Å²) in [7, 11) is 0. The van der Waals surface area contributed by atoms with Gasteiger partial charge in [-0.1, -0.05) is 30.3 Å². The summed E-state index contributed by atoms with van der Waals surface area (Å²) < 4.78 is 6.62. The van der Waals surface area contributed by atoms with Gasteiger partial charge in [0.25, 0.3) is 5.69 Å². The molecule has 2 amide bonds. The van der Waals surface area contributed by atoms with E-state index >= 15 is 0 Å². The molecule has 0 fully saturated rings. The first kappa shape index (κ1) is 22.2. The number of urea groups is 1. The fraction of sp³-hybridized carbons (Fsp3) is 0.0909. The highest BCUT2D eigenvalue weighted by atomic mass is 127. The van der Waals surface area contributed by atoms with E-state index in [1.807, 2.05) is 37.3 Å². The van der Waals surface area contributed by atoms with Gasteiger partial charge in [-0.2, -0.15) is 5.10 Å². The molecule has 0 aromatic heterocycles. The van der Waals surface area contributed by atoms with Crippen LogP contribution in [-0.4, -0.2) is 17.2 Å². The maximum atomic E-state index is 12.0. The number of amides is 2. The number of non-ortho nitro benzene ring substituents is 1. The summed E-state index contributed by atoms with van der Waals surface area (Å²) >= 11 is 2.14. The highest BCUT2D eigenvalue weighted by molar-refractivity contribution is 14.1. The number of hydrazone groups is 1. The Labute approximate surface area is 192 Å². The summed E-state index contributed by atoms with van der Waals surface area (Å²) in [6.45, 7) is 2.12. The minimum Gasteiger partial charge on any atom is -0.488 e. The van der Waals surface area contributed by atoms with Crippen molar-refractivity contribution in [3.05, 3.63) is 97.1 Å². The van der Waals surface area contributed by atoms with Crippen molar-refractivity contribution < 1.29 is 14.5 Å². The highest BCUT2D eigenvalue weighted by Gasteiger charge is 2.08. The number of hydrogen-bond acceptors (Lipinski definition) is 5. The number of halogens is 1. The van der Waals surface area contributed by atoms with Crippen LogP contribution in [0.2, 0.25) is 0 Å². The van der Waals surface area contributed by atoms with Gasteiger partial charge in [0.1, 0.15) is 12.4 Å². The number of para-hydroxylation sites is 1. The Balaban J connectivity index is 1.55. The van der Waals surface area contributed by atoms with Crippen LogP contribution in [0.25, 0.3) is 0 Å². The molecule has 0 bridgehead atoms. The van der Waals surface area contributed by atoms with Crippen molar-refractivity contribution in [2.45, 2.75) is 13.5 Å². The third-order valence-electron chi connectivity index (χ3n) is 4.24. The van der Waals surface area contributed by atoms with Crippen molar-refractivity contribution in [2.75, 3.05) is 5.32 Å². The van der Waals surface area contributed by atoms with Gasteiger partial charge in [0, 0.05) is 17.8 Å². The number of carbonyl (C=O) groups excluding carboxylic acids is 1. The van der Waals surface area contributed by atoms with Gasteiger partial charge in [-0.3, -0.25) is 10.1 Å². The minimum absolute atomic E-state index is 0.0290. The molecule has 0 aliphatic rings. The average molecular weight is 530 g/mol. The quantitative estimate of drug-likeness (QED) is 0.189. The number of nitrogens with zero attached hydrogens (tertiary/aromatic N) is 2. The predicted molar refractivity (Wildman–Crippen MR) is 128 cm³/mol. The highest BCUT2D eigenvalue weighted by Crippen LogP contribution is 2.23. The first-order valence-corrected chi connectivity index (χ1v) is 10.3. The lowest BCUT2D eigenvalue weighted by Crippen LogP contribution is -2.24. The first-order valence-electron chi connectivity index (χ1n) is 9.24.